The average Bonchev–Trinajstić information content (AvgIpc) is 2.75. The highest BCUT2D eigenvalue weighted by molar-refractivity contribution is 5.92. The molecule has 3 nitrogen and oxygen atoms in total. The zero-order chi connectivity index (χ0) is 9.97. The van der Waals surface area contributed by atoms with Crippen molar-refractivity contribution in [3.05, 3.63) is 11.8 Å². The van der Waals surface area contributed by atoms with Gasteiger partial charge in [0.25, 0.3) is 0 Å². The van der Waals surface area contributed by atoms with Gasteiger partial charge in [0.1, 0.15) is 0 Å². The molecule has 1 atom stereocenters. The molecule has 1 fully saturated rings. The Morgan fingerprint density at radius 3 is 3.00 bits per heavy atom. The van der Waals surface area contributed by atoms with Crippen molar-refractivity contribution in [1.82, 2.24) is 4.90 Å². The third-order valence-corrected chi connectivity index (χ3v) is 2.95. The van der Waals surface area contributed by atoms with Crippen LogP contribution < -0.4 is 0 Å². The fraction of sp³-hybridized carbons (Fsp3) is 0.727. The number of hydrogen-bond donors (Lipinski definition) is 0. The molecular weight excluding hydrogens is 178 g/mol. The second kappa shape index (κ2) is 4.13. The number of ketones is 1. The van der Waals surface area contributed by atoms with E-state index in [9.17, 15) is 4.79 Å². The first kappa shape index (κ1) is 9.71. The summed E-state index contributed by atoms with van der Waals surface area (Å²) in [5.41, 5.74) is 1.17. The predicted molar refractivity (Wildman–Crippen MR) is 53.9 cm³/mol. The normalized spacial score (nSPS) is 26.8. The molecule has 0 aromatic heterocycles. The van der Waals surface area contributed by atoms with Crippen LogP contribution in [0, 0.1) is 0 Å². The van der Waals surface area contributed by atoms with Crippen LogP contribution >= 0.6 is 0 Å². The van der Waals surface area contributed by atoms with E-state index in [2.05, 4.69) is 4.90 Å². The molecule has 0 spiro atoms. The molecular formula is C11H17NO2. The Bertz CT molecular complexity index is 254. The van der Waals surface area contributed by atoms with Crippen molar-refractivity contribution in [2.75, 3.05) is 20.2 Å². The summed E-state index contributed by atoms with van der Waals surface area (Å²) in [7, 11) is 2.05. The summed E-state index contributed by atoms with van der Waals surface area (Å²) in [4.78, 5) is 13.2. The Labute approximate surface area is 84.7 Å². The summed E-state index contributed by atoms with van der Waals surface area (Å²) in [5.74, 6) is 0.263. The van der Waals surface area contributed by atoms with E-state index >= 15 is 0 Å². The highest BCUT2D eigenvalue weighted by Crippen LogP contribution is 2.20. The van der Waals surface area contributed by atoms with Crippen LogP contribution in [0.2, 0.25) is 0 Å². The van der Waals surface area contributed by atoms with Gasteiger partial charge >= 0.3 is 0 Å². The Hall–Kier alpha value is -0.830. The molecule has 14 heavy (non-hydrogen) atoms. The Kier molecular flexibility index (Phi) is 2.87. The van der Waals surface area contributed by atoms with Gasteiger partial charge < -0.3 is 9.64 Å². The smallest absolute Gasteiger partial charge is 0.157 e. The Morgan fingerprint density at radius 2 is 2.43 bits per heavy atom. The summed E-state index contributed by atoms with van der Waals surface area (Å²) in [6.07, 6.45) is 6.07. The summed E-state index contributed by atoms with van der Waals surface area (Å²) >= 11 is 0. The van der Waals surface area contributed by atoms with Crippen molar-refractivity contribution < 1.29 is 9.53 Å². The largest absolute Gasteiger partial charge is 0.376 e. The minimum atomic E-state index is 0.263. The van der Waals surface area contributed by atoms with Crippen LogP contribution in [0.5, 0.6) is 0 Å². The number of hydrogen-bond acceptors (Lipinski definition) is 3. The molecule has 0 saturated carbocycles. The van der Waals surface area contributed by atoms with Crippen LogP contribution in [0.1, 0.15) is 25.7 Å². The van der Waals surface area contributed by atoms with Crippen molar-refractivity contribution in [3.63, 3.8) is 0 Å². The monoisotopic (exact) mass is 195 g/mol. The van der Waals surface area contributed by atoms with E-state index in [4.69, 9.17) is 4.74 Å². The minimum absolute atomic E-state index is 0.263. The van der Waals surface area contributed by atoms with E-state index < -0.39 is 0 Å². The molecule has 78 valence electrons. The van der Waals surface area contributed by atoms with Gasteiger partial charge in [-0.3, -0.25) is 4.79 Å². The van der Waals surface area contributed by atoms with Crippen molar-refractivity contribution in [2.24, 2.45) is 0 Å². The third-order valence-electron chi connectivity index (χ3n) is 2.95. The van der Waals surface area contributed by atoms with E-state index in [-0.39, 0.29) is 5.78 Å². The van der Waals surface area contributed by atoms with Gasteiger partial charge in [-0.1, -0.05) is 0 Å². The molecule has 2 aliphatic rings. The first-order chi connectivity index (χ1) is 6.75. The van der Waals surface area contributed by atoms with Gasteiger partial charge in [0.15, 0.2) is 5.78 Å². The van der Waals surface area contributed by atoms with Crippen LogP contribution in [0.3, 0.4) is 0 Å². The number of ether oxygens (including phenoxy) is 1. The summed E-state index contributed by atoms with van der Waals surface area (Å²) in [6.45, 7) is 1.83. The van der Waals surface area contributed by atoms with Gasteiger partial charge in [0.05, 0.1) is 6.10 Å². The number of nitrogens with zero attached hydrogens (tertiary/aromatic N) is 1. The molecule has 0 aromatic carbocycles. The topological polar surface area (TPSA) is 29.5 Å². The first-order valence-corrected chi connectivity index (χ1v) is 5.32. The molecule has 1 saturated heterocycles. The number of likely N-dealkylation sites (N-methyl/N-ethyl adjacent to an activating group) is 1. The summed E-state index contributed by atoms with van der Waals surface area (Å²) in [5, 5.41) is 0. The van der Waals surface area contributed by atoms with Crippen molar-refractivity contribution in [2.45, 2.75) is 31.8 Å². The third kappa shape index (κ3) is 2.15. The molecule has 0 radical (unpaired) electrons. The second-order valence-electron chi connectivity index (χ2n) is 4.12. The molecule has 1 aliphatic carbocycles. The maximum absolute atomic E-state index is 11.1. The molecule has 0 aromatic rings. The highest BCUT2D eigenvalue weighted by Gasteiger charge is 2.21. The molecule has 0 amide bonds. The molecule has 0 N–H and O–H groups in total. The number of carbonyl (C=O) groups is 1. The maximum Gasteiger partial charge on any atom is 0.157 e. The quantitative estimate of drug-likeness (QED) is 0.680. The van der Waals surface area contributed by atoms with Crippen molar-refractivity contribution >= 4 is 5.78 Å². The van der Waals surface area contributed by atoms with Gasteiger partial charge in [-0.25, -0.2) is 0 Å². The lowest BCUT2D eigenvalue weighted by Gasteiger charge is -2.23. The van der Waals surface area contributed by atoms with Gasteiger partial charge in [-0.05, 0) is 19.3 Å². The van der Waals surface area contributed by atoms with E-state index in [0.717, 1.165) is 26.0 Å². The van der Waals surface area contributed by atoms with E-state index in [1.54, 1.807) is 6.08 Å². The van der Waals surface area contributed by atoms with Crippen LogP contribution in [0.25, 0.3) is 0 Å². The minimum Gasteiger partial charge on any atom is -0.376 e. The van der Waals surface area contributed by atoms with Crippen LogP contribution in [0.15, 0.2) is 11.8 Å². The van der Waals surface area contributed by atoms with E-state index in [0.29, 0.717) is 12.5 Å². The van der Waals surface area contributed by atoms with Gasteiger partial charge in [-0.2, -0.15) is 0 Å². The van der Waals surface area contributed by atoms with Crippen LogP contribution in [0.4, 0.5) is 0 Å². The molecule has 0 bridgehead atoms. The lowest BCUT2D eigenvalue weighted by molar-refractivity contribution is -0.114. The van der Waals surface area contributed by atoms with E-state index in [1.807, 2.05) is 7.05 Å². The van der Waals surface area contributed by atoms with Gasteiger partial charge in [0.2, 0.25) is 0 Å². The van der Waals surface area contributed by atoms with Crippen LogP contribution in [-0.4, -0.2) is 37.0 Å². The van der Waals surface area contributed by atoms with E-state index in [1.165, 1.54) is 12.1 Å². The average molecular weight is 195 g/mol. The van der Waals surface area contributed by atoms with Gasteiger partial charge in [-0.15, -0.1) is 0 Å². The predicted octanol–water partition coefficient (Wildman–Crippen LogP) is 1.34. The zero-order valence-electron chi connectivity index (χ0n) is 8.66. The summed E-state index contributed by atoms with van der Waals surface area (Å²) in [6, 6.07) is 0. The molecule has 1 aliphatic heterocycles. The molecule has 3 heteroatoms. The Morgan fingerprint density at radius 1 is 1.57 bits per heavy atom. The Balaban J connectivity index is 1.85. The lowest BCUT2D eigenvalue weighted by Crippen LogP contribution is -2.27. The van der Waals surface area contributed by atoms with Crippen molar-refractivity contribution in [3.8, 4) is 0 Å². The maximum atomic E-state index is 11.1. The SMILES string of the molecule is CN(CC1CCCO1)C1=CC(=O)CC1. The number of carbonyl (C=O) groups excluding carboxylic acids is 1. The summed E-state index contributed by atoms with van der Waals surface area (Å²) < 4.78 is 5.56. The second-order valence-corrected chi connectivity index (χ2v) is 4.12. The molecule has 2 rings (SSSR count). The number of rotatable bonds is 3. The zero-order valence-corrected chi connectivity index (χ0v) is 8.66. The fourth-order valence-electron chi connectivity index (χ4n) is 2.09. The van der Waals surface area contributed by atoms with Crippen LogP contribution in [-0.2, 0) is 9.53 Å². The van der Waals surface area contributed by atoms with Gasteiger partial charge in [0, 0.05) is 38.4 Å². The molecule has 1 unspecified atom stereocenters. The molecule has 1 heterocycles. The van der Waals surface area contributed by atoms with Crippen molar-refractivity contribution in [1.29, 1.82) is 0 Å². The fourth-order valence-corrected chi connectivity index (χ4v) is 2.09. The highest BCUT2D eigenvalue weighted by atomic mass is 16.5. The lowest BCUT2D eigenvalue weighted by atomic mass is 10.2. The first-order valence-electron chi connectivity index (χ1n) is 5.32. The number of allylic oxidation sites excluding steroid dienone is 2. The standard InChI is InChI=1S/C11H17NO2/c1-12(8-11-3-2-6-14-11)9-4-5-10(13)7-9/h7,11H,2-6,8H2,1H3.